The van der Waals surface area contributed by atoms with Crippen LogP contribution in [0.4, 0.5) is 4.39 Å². The summed E-state index contributed by atoms with van der Waals surface area (Å²) in [5.41, 5.74) is 1.26. The molecule has 0 radical (unpaired) electrons. The predicted molar refractivity (Wildman–Crippen MR) is 74.3 cm³/mol. The summed E-state index contributed by atoms with van der Waals surface area (Å²) in [6, 6.07) is 5.17. The van der Waals surface area contributed by atoms with Crippen LogP contribution in [-0.4, -0.2) is 29.2 Å². The fraction of sp³-hybridized carbons (Fsp3) is 0.286. The first-order valence-corrected chi connectivity index (χ1v) is 6.74. The molecule has 0 spiro atoms. The van der Waals surface area contributed by atoms with Gasteiger partial charge in [0.2, 0.25) is 5.95 Å². The van der Waals surface area contributed by atoms with E-state index in [0.717, 1.165) is 13.0 Å². The standard InChI is InChI=1S/C14H13ClFN3O/c15-14-12(9-1-3-18-13(16)5-9)6-11(7-19-14)20-8-10-2-4-17-10/h1,3,5-7,10,17H,2,4,8H2/t10-/m0/s1. The molecular weight excluding hydrogens is 281 g/mol. The second kappa shape index (κ2) is 5.73. The van der Waals surface area contributed by atoms with Gasteiger partial charge >= 0.3 is 0 Å². The van der Waals surface area contributed by atoms with Crippen LogP contribution in [0.15, 0.2) is 30.6 Å². The molecule has 2 aromatic rings. The third kappa shape index (κ3) is 2.89. The fourth-order valence-electron chi connectivity index (χ4n) is 1.97. The highest BCUT2D eigenvalue weighted by Crippen LogP contribution is 2.29. The quantitative estimate of drug-likeness (QED) is 0.881. The van der Waals surface area contributed by atoms with Crippen LogP contribution in [0.3, 0.4) is 0 Å². The number of aromatic nitrogens is 2. The van der Waals surface area contributed by atoms with Crippen molar-refractivity contribution >= 4 is 11.6 Å². The Morgan fingerprint density at radius 3 is 2.95 bits per heavy atom. The molecule has 0 amide bonds. The summed E-state index contributed by atoms with van der Waals surface area (Å²) in [7, 11) is 0. The van der Waals surface area contributed by atoms with Crippen LogP contribution in [0.2, 0.25) is 5.15 Å². The maximum atomic E-state index is 13.2. The summed E-state index contributed by atoms with van der Waals surface area (Å²) in [5, 5.41) is 3.56. The molecule has 1 aliphatic heterocycles. The lowest BCUT2D eigenvalue weighted by atomic mass is 10.1. The molecule has 3 heterocycles. The fourth-order valence-corrected chi connectivity index (χ4v) is 2.18. The minimum Gasteiger partial charge on any atom is -0.490 e. The number of nitrogens with one attached hydrogen (secondary N) is 1. The molecule has 1 aliphatic rings. The van der Waals surface area contributed by atoms with Gasteiger partial charge < -0.3 is 10.1 Å². The first kappa shape index (κ1) is 13.3. The van der Waals surface area contributed by atoms with Crippen molar-refractivity contribution < 1.29 is 9.13 Å². The summed E-state index contributed by atoms with van der Waals surface area (Å²) in [5.74, 6) is 0.0684. The first-order chi connectivity index (χ1) is 9.72. The first-order valence-electron chi connectivity index (χ1n) is 6.36. The van der Waals surface area contributed by atoms with Gasteiger partial charge in [-0.1, -0.05) is 11.6 Å². The van der Waals surface area contributed by atoms with Gasteiger partial charge in [0.15, 0.2) is 0 Å². The summed E-state index contributed by atoms with van der Waals surface area (Å²) in [6.45, 7) is 1.63. The molecule has 1 saturated heterocycles. The Kier molecular flexibility index (Phi) is 3.80. The Labute approximate surface area is 121 Å². The highest BCUT2D eigenvalue weighted by molar-refractivity contribution is 6.32. The molecule has 3 rings (SSSR count). The second-order valence-corrected chi connectivity index (χ2v) is 4.99. The van der Waals surface area contributed by atoms with Crippen molar-refractivity contribution in [1.29, 1.82) is 0 Å². The lowest BCUT2D eigenvalue weighted by Gasteiger charge is -2.27. The Balaban J connectivity index is 1.82. The molecule has 104 valence electrons. The van der Waals surface area contributed by atoms with Crippen molar-refractivity contribution in [3.05, 3.63) is 41.7 Å². The number of pyridine rings is 2. The molecule has 0 saturated carbocycles. The topological polar surface area (TPSA) is 47.0 Å². The van der Waals surface area contributed by atoms with Crippen LogP contribution >= 0.6 is 11.6 Å². The Hall–Kier alpha value is -1.72. The van der Waals surface area contributed by atoms with E-state index < -0.39 is 5.95 Å². The Bertz CT molecular complexity index is 619. The molecule has 1 fully saturated rings. The summed E-state index contributed by atoms with van der Waals surface area (Å²) < 4.78 is 18.8. The number of nitrogens with zero attached hydrogens (tertiary/aromatic N) is 2. The van der Waals surface area contributed by atoms with Gasteiger partial charge in [0.1, 0.15) is 17.5 Å². The van der Waals surface area contributed by atoms with Gasteiger partial charge in [-0.25, -0.2) is 9.97 Å². The van der Waals surface area contributed by atoms with Gasteiger partial charge in [-0.15, -0.1) is 0 Å². The van der Waals surface area contributed by atoms with Crippen LogP contribution in [0.25, 0.3) is 11.1 Å². The SMILES string of the molecule is Fc1cc(-c2cc(OC[C@@H]3CCN3)cnc2Cl)ccn1. The van der Waals surface area contributed by atoms with E-state index in [1.807, 2.05) is 0 Å². The minimum atomic E-state index is -0.552. The predicted octanol–water partition coefficient (Wildman–Crippen LogP) is 2.68. The molecule has 0 aromatic carbocycles. The smallest absolute Gasteiger partial charge is 0.213 e. The lowest BCUT2D eigenvalue weighted by molar-refractivity contribution is 0.217. The summed E-state index contributed by atoms with van der Waals surface area (Å²) in [6.07, 6.45) is 4.08. The highest BCUT2D eigenvalue weighted by Gasteiger charge is 2.17. The van der Waals surface area contributed by atoms with E-state index in [1.54, 1.807) is 18.3 Å². The van der Waals surface area contributed by atoms with E-state index in [-0.39, 0.29) is 0 Å². The lowest BCUT2D eigenvalue weighted by Crippen LogP contribution is -2.46. The van der Waals surface area contributed by atoms with Crippen molar-refractivity contribution in [1.82, 2.24) is 15.3 Å². The van der Waals surface area contributed by atoms with E-state index in [9.17, 15) is 4.39 Å². The monoisotopic (exact) mass is 293 g/mol. The van der Waals surface area contributed by atoms with Crippen molar-refractivity contribution in [3.8, 4) is 16.9 Å². The van der Waals surface area contributed by atoms with Crippen LogP contribution < -0.4 is 10.1 Å². The average molecular weight is 294 g/mol. The van der Waals surface area contributed by atoms with Crippen LogP contribution in [0, 0.1) is 5.95 Å². The van der Waals surface area contributed by atoms with Crippen molar-refractivity contribution in [2.75, 3.05) is 13.2 Å². The number of hydrogen-bond acceptors (Lipinski definition) is 4. The third-order valence-corrected chi connectivity index (χ3v) is 3.53. The molecule has 0 unspecified atom stereocenters. The largest absolute Gasteiger partial charge is 0.490 e. The molecule has 4 nitrogen and oxygen atoms in total. The zero-order valence-electron chi connectivity index (χ0n) is 10.6. The summed E-state index contributed by atoms with van der Waals surface area (Å²) >= 11 is 6.06. The van der Waals surface area contributed by atoms with Gasteiger partial charge in [-0.05, 0) is 30.7 Å². The number of rotatable bonds is 4. The second-order valence-electron chi connectivity index (χ2n) is 4.63. The van der Waals surface area contributed by atoms with Crippen molar-refractivity contribution in [2.24, 2.45) is 0 Å². The molecule has 2 aromatic heterocycles. The molecule has 20 heavy (non-hydrogen) atoms. The van der Waals surface area contributed by atoms with Crippen LogP contribution in [0.1, 0.15) is 6.42 Å². The van der Waals surface area contributed by atoms with Gasteiger partial charge in [-0.3, -0.25) is 0 Å². The van der Waals surface area contributed by atoms with Crippen LogP contribution in [-0.2, 0) is 0 Å². The van der Waals surface area contributed by atoms with Gasteiger partial charge in [0.05, 0.1) is 6.20 Å². The Morgan fingerprint density at radius 2 is 2.25 bits per heavy atom. The minimum absolute atomic E-state index is 0.310. The van der Waals surface area contributed by atoms with E-state index in [0.29, 0.717) is 34.7 Å². The average Bonchev–Trinajstić information content (AvgIpc) is 2.39. The number of ether oxygens (including phenoxy) is 1. The number of halogens is 2. The van der Waals surface area contributed by atoms with Crippen molar-refractivity contribution in [2.45, 2.75) is 12.5 Å². The highest BCUT2D eigenvalue weighted by atomic mass is 35.5. The van der Waals surface area contributed by atoms with Gasteiger partial charge in [0, 0.05) is 23.9 Å². The molecular formula is C14H13ClFN3O. The zero-order chi connectivity index (χ0) is 13.9. The van der Waals surface area contributed by atoms with Gasteiger partial charge in [0.25, 0.3) is 0 Å². The van der Waals surface area contributed by atoms with Crippen molar-refractivity contribution in [3.63, 3.8) is 0 Å². The summed E-state index contributed by atoms with van der Waals surface area (Å²) in [4.78, 5) is 7.61. The maximum Gasteiger partial charge on any atom is 0.213 e. The molecule has 0 aliphatic carbocycles. The van der Waals surface area contributed by atoms with E-state index in [4.69, 9.17) is 16.3 Å². The van der Waals surface area contributed by atoms with Gasteiger partial charge in [-0.2, -0.15) is 4.39 Å². The maximum absolute atomic E-state index is 13.2. The molecule has 1 N–H and O–H groups in total. The molecule has 1 atom stereocenters. The van der Waals surface area contributed by atoms with Crippen LogP contribution in [0.5, 0.6) is 5.75 Å². The van der Waals surface area contributed by atoms with E-state index >= 15 is 0 Å². The van der Waals surface area contributed by atoms with E-state index in [1.165, 1.54) is 12.3 Å². The Morgan fingerprint density at radius 1 is 1.40 bits per heavy atom. The normalized spacial score (nSPS) is 17.6. The number of hydrogen-bond donors (Lipinski definition) is 1. The molecule has 6 heteroatoms. The third-order valence-electron chi connectivity index (χ3n) is 3.23. The zero-order valence-corrected chi connectivity index (χ0v) is 11.4. The molecule has 0 bridgehead atoms. The van der Waals surface area contributed by atoms with E-state index in [2.05, 4.69) is 15.3 Å².